The zero-order valence-corrected chi connectivity index (χ0v) is 22.4. The molecular formula is C28H35FN2O2S2. The highest BCUT2D eigenvalue weighted by molar-refractivity contribution is 7.83. The van der Waals surface area contributed by atoms with E-state index >= 15 is 0 Å². The zero-order chi connectivity index (χ0) is 24.8. The van der Waals surface area contributed by atoms with Gasteiger partial charge in [-0.1, -0.05) is 25.8 Å². The normalized spacial score (nSPS) is 20.0. The number of halogens is 1. The fraction of sp³-hybridized carbons (Fsp3) is 0.464. The van der Waals surface area contributed by atoms with Gasteiger partial charge in [-0.2, -0.15) is 0 Å². The summed E-state index contributed by atoms with van der Waals surface area (Å²) in [4.78, 5) is 6.66. The summed E-state index contributed by atoms with van der Waals surface area (Å²) in [6.07, 6.45) is 8.35. The number of hydrogen-bond donors (Lipinski definition) is 1. The van der Waals surface area contributed by atoms with Gasteiger partial charge in [0.05, 0.1) is 22.7 Å². The lowest BCUT2D eigenvalue weighted by Gasteiger charge is -2.26. The minimum atomic E-state index is -1.11. The molecule has 4 nitrogen and oxygen atoms in total. The van der Waals surface area contributed by atoms with E-state index in [9.17, 15) is 8.60 Å². The Labute approximate surface area is 214 Å². The van der Waals surface area contributed by atoms with Crippen LogP contribution in [0.1, 0.15) is 54.5 Å². The Morgan fingerprint density at radius 2 is 1.86 bits per heavy atom. The van der Waals surface area contributed by atoms with Gasteiger partial charge in [0.15, 0.2) is 0 Å². The molecule has 1 unspecified atom stereocenters. The summed E-state index contributed by atoms with van der Waals surface area (Å²) < 4.78 is 33.7. The summed E-state index contributed by atoms with van der Waals surface area (Å²) in [5.41, 5.74) is 3.23. The summed E-state index contributed by atoms with van der Waals surface area (Å²) in [6, 6.07) is 12.5. The lowest BCUT2D eigenvalue weighted by molar-refractivity contribution is 0.291. The Hall–Kier alpha value is -2.09. The van der Waals surface area contributed by atoms with Crippen LogP contribution in [0.15, 0.2) is 47.4 Å². The molecule has 1 saturated carbocycles. The molecule has 1 atom stereocenters. The number of nitrogens with one attached hydrogen (secondary N) is 1. The number of hydrogen-bond acceptors (Lipinski definition) is 4. The van der Waals surface area contributed by atoms with Crippen molar-refractivity contribution in [1.29, 1.82) is 0 Å². The van der Waals surface area contributed by atoms with Gasteiger partial charge in [0.1, 0.15) is 22.6 Å². The Morgan fingerprint density at radius 1 is 1.11 bits per heavy atom. The van der Waals surface area contributed by atoms with Crippen molar-refractivity contribution in [3.8, 4) is 17.0 Å². The van der Waals surface area contributed by atoms with Crippen LogP contribution >= 0.6 is 11.3 Å². The third-order valence-corrected chi connectivity index (χ3v) is 9.05. The smallest absolute Gasteiger partial charge is 0.124 e. The molecule has 188 valence electrons. The number of methoxy groups -OCH3 is 1. The van der Waals surface area contributed by atoms with Gasteiger partial charge in [-0.15, -0.1) is 11.3 Å². The van der Waals surface area contributed by atoms with Crippen LogP contribution in [0.2, 0.25) is 0 Å². The van der Waals surface area contributed by atoms with Crippen molar-refractivity contribution in [1.82, 2.24) is 9.71 Å². The van der Waals surface area contributed by atoms with Crippen molar-refractivity contribution in [3.05, 3.63) is 63.7 Å². The Kier molecular flexibility index (Phi) is 9.09. The summed E-state index contributed by atoms with van der Waals surface area (Å²) in [5, 5.41) is 1.07. The molecule has 2 aliphatic rings. The molecule has 2 aliphatic carbocycles. The second kappa shape index (κ2) is 12.2. The third kappa shape index (κ3) is 6.99. The van der Waals surface area contributed by atoms with Crippen LogP contribution in [-0.2, 0) is 23.8 Å². The molecule has 3 aromatic rings. The summed E-state index contributed by atoms with van der Waals surface area (Å²) in [6.45, 7) is 5.18. The fourth-order valence-electron chi connectivity index (χ4n) is 4.79. The van der Waals surface area contributed by atoms with E-state index in [1.54, 1.807) is 30.6 Å². The first kappa shape index (κ1) is 26.0. The third-order valence-electron chi connectivity index (χ3n) is 6.89. The molecule has 0 amide bonds. The number of fused-ring (bicyclic) bond motifs is 3. The van der Waals surface area contributed by atoms with Crippen LogP contribution < -0.4 is 9.46 Å². The minimum absolute atomic E-state index is 0.169. The highest BCUT2D eigenvalue weighted by Gasteiger charge is 2.19. The molecule has 0 bridgehead atoms. The monoisotopic (exact) mass is 514 g/mol. The number of aryl methyl sites for hydroxylation is 3. The van der Waals surface area contributed by atoms with E-state index in [0.717, 1.165) is 58.6 Å². The molecule has 0 saturated heterocycles. The first-order valence-electron chi connectivity index (χ1n) is 12.5. The molecule has 1 aromatic heterocycles. The number of rotatable bonds is 5. The lowest BCUT2D eigenvalue weighted by Crippen LogP contribution is -2.27. The maximum atomic E-state index is 13.3. The molecule has 5 rings (SSSR count). The van der Waals surface area contributed by atoms with Gasteiger partial charge in [-0.05, 0) is 92.8 Å². The maximum absolute atomic E-state index is 13.3. The van der Waals surface area contributed by atoms with E-state index in [1.807, 2.05) is 37.3 Å². The van der Waals surface area contributed by atoms with E-state index in [2.05, 4.69) is 16.6 Å². The largest absolute Gasteiger partial charge is 0.497 e. The second-order valence-electron chi connectivity index (χ2n) is 9.58. The Bertz CT molecular complexity index is 1140. The van der Waals surface area contributed by atoms with Crippen LogP contribution in [0.4, 0.5) is 4.39 Å². The second-order valence-corrected chi connectivity index (χ2v) is 12.2. The molecule has 1 N–H and O–H groups in total. The molecule has 1 heterocycles. The van der Waals surface area contributed by atoms with Crippen LogP contribution in [0.25, 0.3) is 11.3 Å². The average Bonchev–Trinajstić information content (AvgIpc) is 3.16. The van der Waals surface area contributed by atoms with Gasteiger partial charge in [0.2, 0.25) is 0 Å². The first-order chi connectivity index (χ1) is 16.9. The summed E-state index contributed by atoms with van der Waals surface area (Å²) in [7, 11) is 0.524. The van der Waals surface area contributed by atoms with Gasteiger partial charge >= 0.3 is 0 Å². The van der Waals surface area contributed by atoms with Crippen LogP contribution in [0.3, 0.4) is 0 Å². The van der Waals surface area contributed by atoms with Crippen LogP contribution in [0, 0.1) is 24.6 Å². The quantitative estimate of drug-likeness (QED) is 0.404. The van der Waals surface area contributed by atoms with E-state index in [0.29, 0.717) is 5.92 Å². The number of benzene rings is 2. The summed E-state index contributed by atoms with van der Waals surface area (Å²) in [5.74, 6) is 2.17. The Morgan fingerprint density at radius 3 is 2.57 bits per heavy atom. The van der Waals surface area contributed by atoms with Crippen molar-refractivity contribution >= 4 is 22.3 Å². The molecular weight excluding hydrogens is 479 g/mol. The van der Waals surface area contributed by atoms with Gasteiger partial charge in [0.25, 0.3) is 0 Å². The minimum Gasteiger partial charge on any atom is -0.497 e. The number of nitrogens with zero attached hydrogens (tertiary/aromatic N) is 1. The lowest BCUT2D eigenvalue weighted by atomic mass is 9.83. The fourth-order valence-corrected chi connectivity index (χ4v) is 6.71. The molecule has 35 heavy (non-hydrogen) atoms. The van der Waals surface area contributed by atoms with Gasteiger partial charge in [-0.3, -0.25) is 0 Å². The van der Waals surface area contributed by atoms with Gasteiger partial charge in [-0.25, -0.2) is 18.3 Å². The molecule has 0 spiro atoms. The molecule has 2 aromatic carbocycles. The highest BCUT2D eigenvalue weighted by atomic mass is 32.2. The highest BCUT2D eigenvalue weighted by Crippen LogP contribution is 2.35. The summed E-state index contributed by atoms with van der Waals surface area (Å²) >= 11 is 1.74. The van der Waals surface area contributed by atoms with Gasteiger partial charge < -0.3 is 4.74 Å². The Balaban J connectivity index is 0.000000167. The number of aromatic nitrogens is 1. The molecule has 7 heteroatoms. The molecule has 1 fully saturated rings. The first-order valence-corrected chi connectivity index (χ1v) is 14.4. The van der Waals surface area contributed by atoms with E-state index < -0.39 is 11.0 Å². The van der Waals surface area contributed by atoms with Crippen LogP contribution in [0.5, 0.6) is 5.75 Å². The van der Waals surface area contributed by atoms with E-state index in [4.69, 9.17) is 4.74 Å². The molecule has 0 radical (unpaired) electrons. The zero-order valence-electron chi connectivity index (χ0n) is 20.8. The predicted octanol–water partition coefficient (Wildman–Crippen LogP) is 6.88. The predicted molar refractivity (Wildman–Crippen MR) is 143 cm³/mol. The van der Waals surface area contributed by atoms with Crippen molar-refractivity contribution in [2.24, 2.45) is 11.8 Å². The van der Waals surface area contributed by atoms with Crippen molar-refractivity contribution in [3.63, 3.8) is 0 Å². The van der Waals surface area contributed by atoms with E-state index in [1.165, 1.54) is 36.1 Å². The maximum Gasteiger partial charge on any atom is 0.124 e. The topological polar surface area (TPSA) is 51.2 Å². The van der Waals surface area contributed by atoms with Crippen molar-refractivity contribution in [2.75, 3.05) is 13.7 Å². The standard InChI is InChI=1S/C15H23NO2S.C13H12FNS/c1-12-3-5-13(6-4-12)11-16-19(17)15-9-7-14(18-2)8-10-15;1-8-15-13-11-7-10(14)6-5-9(11)3-2-4-12(13)16-8/h7-10,12-13,16H,3-6,11H2,1-2H3;5-7H,2-4H2,1H3. The average molecular weight is 515 g/mol. The number of ether oxygens (including phenoxy) is 1. The molecule has 0 aliphatic heterocycles. The van der Waals surface area contributed by atoms with Crippen molar-refractivity contribution < 1.29 is 13.3 Å². The van der Waals surface area contributed by atoms with Crippen LogP contribution in [-0.4, -0.2) is 22.8 Å². The SMILES string of the molecule is COc1ccc(S(=O)NCC2CCC(C)CC2)cc1.Cc1nc2c(s1)CCCc1ccc(F)cc1-2. The van der Waals surface area contributed by atoms with Gasteiger partial charge in [0, 0.05) is 17.0 Å². The van der Waals surface area contributed by atoms with E-state index in [-0.39, 0.29) is 5.82 Å². The number of thiazole rings is 1. The van der Waals surface area contributed by atoms with Crippen molar-refractivity contribution in [2.45, 2.75) is 63.7 Å².